The van der Waals surface area contributed by atoms with Crippen LogP contribution in [0, 0.1) is 12.8 Å². The highest BCUT2D eigenvalue weighted by Gasteiger charge is 2.34. The van der Waals surface area contributed by atoms with Crippen molar-refractivity contribution in [3.63, 3.8) is 0 Å². The number of carbonyl (C=O) groups excluding carboxylic acids is 1. The first-order chi connectivity index (χ1) is 14.8. The number of aromatic nitrogens is 2. The van der Waals surface area contributed by atoms with Crippen LogP contribution in [0.3, 0.4) is 0 Å². The van der Waals surface area contributed by atoms with Gasteiger partial charge in [-0.15, -0.1) is 0 Å². The lowest BCUT2D eigenvalue weighted by Gasteiger charge is -2.32. The van der Waals surface area contributed by atoms with Gasteiger partial charge < -0.3 is 9.84 Å². The Bertz CT molecular complexity index is 1040. The van der Waals surface area contributed by atoms with Gasteiger partial charge in [-0.3, -0.25) is 4.79 Å². The van der Waals surface area contributed by atoms with E-state index < -0.39 is 10.0 Å². The molecular weight excluding hydrogens is 440 g/mol. The van der Waals surface area contributed by atoms with E-state index in [2.05, 4.69) is 15.5 Å². The maximum atomic E-state index is 13.3. The predicted octanol–water partition coefficient (Wildman–Crippen LogP) is 3.55. The van der Waals surface area contributed by atoms with Crippen LogP contribution in [-0.2, 0) is 14.8 Å². The van der Waals surface area contributed by atoms with E-state index in [9.17, 15) is 13.2 Å². The molecule has 0 unspecified atom stereocenters. The summed E-state index contributed by atoms with van der Waals surface area (Å²) in [7, 11) is -3.81. The SMILES string of the molecule is Cc1nc(-c2ccc(Cl)c(S(=O)(=O)N3CCC(C(=O)NC4CCCCC4)CC3)c2)no1. The Balaban J connectivity index is 1.43. The minimum Gasteiger partial charge on any atom is -0.353 e. The summed E-state index contributed by atoms with van der Waals surface area (Å²) in [5.41, 5.74) is 0.515. The van der Waals surface area contributed by atoms with E-state index in [1.165, 1.54) is 22.9 Å². The van der Waals surface area contributed by atoms with Crippen molar-refractivity contribution in [1.82, 2.24) is 19.8 Å². The summed E-state index contributed by atoms with van der Waals surface area (Å²) in [5, 5.41) is 7.15. The van der Waals surface area contributed by atoms with Crippen LogP contribution in [0.2, 0.25) is 5.02 Å². The standard InChI is InChI=1S/C21H27ClN4O4S/c1-14-23-20(25-30-14)16-7-8-18(22)19(13-16)31(28,29)26-11-9-15(10-12-26)21(27)24-17-5-3-2-4-6-17/h7-8,13,15,17H,2-6,9-12H2,1H3,(H,24,27). The molecule has 1 saturated heterocycles. The van der Waals surface area contributed by atoms with Crippen molar-refractivity contribution in [2.45, 2.75) is 62.8 Å². The first kappa shape index (κ1) is 22.2. The van der Waals surface area contributed by atoms with Gasteiger partial charge in [-0.2, -0.15) is 9.29 Å². The number of aryl methyl sites for hydroxylation is 1. The summed E-state index contributed by atoms with van der Waals surface area (Å²) in [5.74, 6) is 0.598. The quantitative estimate of drug-likeness (QED) is 0.722. The van der Waals surface area contributed by atoms with Crippen molar-refractivity contribution >= 4 is 27.5 Å². The van der Waals surface area contributed by atoms with Crippen LogP contribution in [0.25, 0.3) is 11.4 Å². The van der Waals surface area contributed by atoms with Gasteiger partial charge in [0.05, 0.1) is 5.02 Å². The van der Waals surface area contributed by atoms with Crippen LogP contribution in [0.15, 0.2) is 27.6 Å². The second kappa shape index (κ2) is 9.26. The fraction of sp³-hybridized carbons (Fsp3) is 0.571. The molecule has 1 amide bonds. The lowest BCUT2D eigenvalue weighted by atomic mass is 9.93. The molecule has 4 rings (SSSR count). The number of nitrogens with zero attached hydrogens (tertiary/aromatic N) is 3. The van der Waals surface area contributed by atoms with Crippen LogP contribution in [0.4, 0.5) is 0 Å². The molecule has 8 nitrogen and oxygen atoms in total. The molecule has 1 aromatic carbocycles. The molecule has 0 bridgehead atoms. The molecule has 2 heterocycles. The molecule has 1 aliphatic carbocycles. The Morgan fingerprint density at radius 3 is 2.52 bits per heavy atom. The van der Waals surface area contributed by atoms with Gasteiger partial charge in [-0.05, 0) is 43.9 Å². The molecule has 0 atom stereocenters. The Morgan fingerprint density at radius 2 is 1.87 bits per heavy atom. The van der Waals surface area contributed by atoms with Crippen molar-refractivity contribution in [3.05, 3.63) is 29.1 Å². The van der Waals surface area contributed by atoms with E-state index >= 15 is 0 Å². The molecule has 1 N–H and O–H groups in total. The van der Waals surface area contributed by atoms with Gasteiger partial charge in [0.1, 0.15) is 4.90 Å². The predicted molar refractivity (Wildman–Crippen MR) is 116 cm³/mol. The Kier molecular flexibility index (Phi) is 6.64. The third-order valence-corrected chi connectivity index (χ3v) is 8.49. The lowest BCUT2D eigenvalue weighted by molar-refractivity contribution is -0.127. The Labute approximate surface area is 187 Å². The number of halogens is 1. The van der Waals surface area contributed by atoms with E-state index in [0.717, 1.165) is 25.7 Å². The monoisotopic (exact) mass is 466 g/mol. The maximum absolute atomic E-state index is 13.3. The Morgan fingerprint density at radius 1 is 1.16 bits per heavy atom. The number of sulfonamides is 1. The maximum Gasteiger partial charge on any atom is 0.244 e. The average molecular weight is 467 g/mol. The topological polar surface area (TPSA) is 105 Å². The lowest BCUT2D eigenvalue weighted by Crippen LogP contribution is -2.45. The van der Waals surface area contributed by atoms with Crippen LogP contribution in [0.1, 0.15) is 50.8 Å². The molecule has 1 aromatic heterocycles. The summed E-state index contributed by atoms with van der Waals surface area (Å²) < 4.78 is 32.9. The van der Waals surface area contributed by atoms with Crippen molar-refractivity contribution in [2.24, 2.45) is 5.92 Å². The third-order valence-electron chi connectivity index (χ3n) is 6.11. The van der Waals surface area contributed by atoms with Gasteiger partial charge in [-0.1, -0.05) is 36.0 Å². The van der Waals surface area contributed by atoms with Crippen molar-refractivity contribution in [1.29, 1.82) is 0 Å². The Hall–Kier alpha value is -1.97. The molecule has 0 spiro atoms. The van der Waals surface area contributed by atoms with Crippen LogP contribution < -0.4 is 5.32 Å². The first-order valence-corrected chi connectivity index (χ1v) is 12.6. The molecule has 1 aliphatic heterocycles. The molecule has 2 aliphatic rings. The average Bonchev–Trinajstić information content (AvgIpc) is 3.21. The molecule has 2 fully saturated rings. The zero-order valence-corrected chi connectivity index (χ0v) is 19.1. The highest BCUT2D eigenvalue weighted by Crippen LogP contribution is 2.31. The third kappa shape index (κ3) is 4.94. The minimum absolute atomic E-state index is 0.0132. The zero-order valence-electron chi connectivity index (χ0n) is 17.5. The van der Waals surface area contributed by atoms with Gasteiger partial charge in [0.25, 0.3) is 0 Å². The number of piperidine rings is 1. The van der Waals surface area contributed by atoms with Gasteiger partial charge >= 0.3 is 0 Å². The van der Waals surface area contributed by atoms with E-state index in [4.69, 9.17) is 16.1 Å². The number of hydrogen-bond donors (Lipinski definition) is 1. The molecule has 10 heteroatoms. The van der Waals surface area contributed by atoms with Crippen LogP contribution >= 0.6 is 11.6 Å². The van der Waals surface area contributed by atoms with Crippen LogP contribution in [0.5, 0.6) is 0 Å². The largest absolute Gasteiger partial charge is 0.353 e. The highest BCUT2D eigenvalue weighted by molar-refractivity contribution is 7.89. The second-order valence-corrected chi connectivity index (χ2v) is 10.6. The van der Waals surface area contributed by atoms with Crippen molar-refractivity contribution in [3.8, 4) is 11.4 Å². The van der Waals surface area contributed by atoms with Crippen LogP contribution in [-0.4, -0.2) is 47.9 Å². The molecular formula is C21H27ClN4O4S. The number of nitrogens with one attached hydrogen (secondary N) is 1. The number of hydrogen-bond acceptors (Lipinski definition) is 6. The van der Waals surface area contributed by atoms with Gasteiger partial charge in [0, 0.05) is 37.5 Å². The first-order valence-electron chi connectivity index (χ1n) is 10.8. The number of benzene rings is 1. The molecule has 1 saturated carbocycles. The summed E-state index contributed by atoms with van der Waals surface area (Å²) >= 11 is 6.25. The minimum atomic E-state index is -3.81. The zero-order chi connectivity index (χ0) is 22.0. The summed E-state index contributed by atoms with van der Waals surface area (Å²) in [6.07, 6.45) is 6.62. The summed E-state index contributed by atoms with van der Waals surface area (Å²) in [6, 6.07) is 4.93. The van der Waals surface area contributed by atoms with E-state index in [1.54, 1.807) is 13.0 Å². The normalized spacial score (nSPS) is 19.4. The highest BCUT2D eigenvalue weighted by atomic mass is 35.5. The van der Waals surface area contributed by atoms with Gasteiger partial charge in [-0.25, -0.2) is 8.42 Å². The molecule has 2 aromatic rings. The number of carbonyl (C=O) groups is 1. The fourth-order valence-corrected chi connectivity index (χ4v) is 6.29. The van der Waals surface area contributed by atoms with Gasteiger partial charge in [0.2, 0.25) is 27.6 Å². The number of rotatable bonds is 5. The molecule has 168 valence electrons. The van der Waals surface area contributed by atoms with E-state index in [1.807, 2.05) is 0 Å². The summed E-state index contributed by atoms with van der Waals surface area (Å²) in [6.45, 7) is 2.23. The van der Waals surface area contributed by atoms with E-state index in [-0.39, 0.29) is 40.9 Å². The van der Waals surface area contributed by atoms with Crippen molar-refractivity contribution < 1.29 is 17.7 Å². The smallest absolute Gasteiger partial charge is 0.244 e. The van der Waals surface area contributed by atoms with E-state index in [0.29, 0.717) is 30.1 Å². The second-order valence-electron chi connectivity index (χ2n) is 8.30. The summed E-state index contributed by atoms with van der Waals surface area (Å²) in [4.78, 5) is 16.8. The van der Waals surface area contributed by atoms with Crippen molar-refractivity contribution in [2.75, 3.05) is 13.1 Å². The molecule has 0 radical (unpaired) electrons. The fourth-order valence-electron chi connectivity index (χ4n) is 4.32. The number of amides is 1. The molecule has 31 heavy (non-hydrogen) atoms. The van der Waals surface area contributed by atoms with Gasteiger partial charge in [0.15, 0.2) is 0 Å².